The lowest BCUT2D eigenvalue weighted by molar-refractivity contribution is -0.163. The van der Waals surface area contributed by atoms with E-state index >= 15 is 0 Å². The molecule has 0 radical (unpaired) electrons. The molecule has 0 fully saturated rings. The molecule has 0 atom stereocenters. The molecule has 1 aromatic rings. The molecule has 0 heterocycles. The van der Waals surface area contributed by atoms with Crippen LogP contribution in [0.15, 0.2) is 24.3 Å². The quantitative estimate of drug-likeness (QED) is 0.840. The first-order chi connectivity index (χ1) is 8.73. The van der Waals surface area contributed by atoms with Crippen LogP contribution in [0.3, 0.4) is 0 Å². The Bertz CT molecular complexity index is 432. The first-order valence-corrected chi connectivity index (χ1v) is 5.47. The summed E-state index contributed by atoms with van der Waals surface area (Å²) in [5.74, 6) is -6.28. The second-order valence-electron chi connectivity index (χ2n) is 4.07. The van der Waals surface area contributed by atoms with E-state index in [1.54, 1.807) is 19.2 Å². The van der Waals surface area contributed by atoms with Crippen molar-refractivity contribution in [3.63, 3.8) is 0 Å². The molecule has 0 aliphatic heterocycles. The van der Waals surface area contributed by atoms with Crippen molar-refractivity contribution in [2.45, 2.75) is 32.3 Å². The van der Waals surface area contributed by atoms with Gasteiger partial charge in [-0.15, -0.1) is 0 Å². The van der Waals surface area contributed by atoms with Crippen LogP contribution in [0.25, 0.3) is 0 Å². The molecular formula is C12H13F4NO2. The molecule has 1 amide bonds. The van der Waals surface area contributed by atoms with E-state index in [4.69, 9.17) is 4.74 Å². The second kappa shape index (κ2) is 5.90. The summed E-state index contributed by atoms with van der Waals surface area (Å²) in [6.45, 7) is 3.61. The molecule has 1 rings (SSSR count). The van der Waals surface area contributed by atoms with Gasteiger partial charge in [0.2, 0.25) is 0 Å². The van der Waals surface area contributed by atoms with Gasteiger partial charge in [-0.25, -0.2) is 8.78 Å². The number of nitrogens with one attached hydrogen (secondary N) is 1. The van der Waals surface area contributed by atoms with Crippen LogP contribution in [-0.2, 0) is 4.79 Å². The number of amides is 1. The van der Waals surface area contributed by atoms with Crippen molar-refractivity contribution in [2.75, 3.05) is 5.32 Å². The molecule has 0 saturated carbocycles. The molecule has 7 heteroatoms. The van der Waals surface area contributed by atoms with Gasteiger partial charge in [0.15, 0.2) is 0 Å². The lowest BCUT2D eigenvalue weighted by Crippen LogP contribution is -2.40. The van der Waals surface area contributed by atoms with Crippen molar-refractivity contribution in [2.24, 2.45) is 0 Å². The topological polar surface area (TPSA) is 38.3 Å². The smallest absolute Gasteiger partial charge is 0.383 e. The van der Waals surface area contributed by atoms with E-state index in [9.17, 15) is 22.4 Å². The number of carbonyl (C=O) groups excluding carboxylic acids is 1. The van der Waals surface area contributed by atoms with Gasteiger partial charge in [0.1, 0.15) is 5.75 Å². The molecule has 0 aliphatic carbocycles. The fourth-order valence-corrected chi connectivity index (χ4v) is 1.20. The average molecular weight is 279 g/mol. The van der Waals surface area contributed by atoms with Crippen LogP contribution in [0.1, 0.15) is 13.8 Å². The monoisotopic (exact) mass is 279 g/mol. The summed E-state index contributed by atoms with van der Waals surface area (Å²) in [4.78, 5) is 11.0. The molecule has 1 N–H and O–H groups in total. The largest absolute Gasteiger partial charge is 0.491 e. The number of hydrogen-bond acceptors (Lipinski definition) is 2. The molecule has 0 saturated heterocycles. The van der Waals surface area contributed by atoms with E-state index in [1.807, 2.05) is 0 Å². The van der Waals surface area contributed by atoms with E-state index < -0.39 is 18.3 Å². The van der Waals surface area contributed by atoms with Crippen LogP contribution in [0.5, 0.6) is 5.75 Å². The Morgan fingerprint density at radius 1 is 1.21 bits per heavy atom. The van der Waals surface area contributed by atoms with Crippen LogP contribution >= 0.6 is 0 Å². The minimum Gasteiger partial charge on any atom is -0.491 e. The lowest BCUT2D eigenvalue weighted by atomic mass is 10.2. The zero-order chi connectivity index (χ0) is 14.6. The van der Waals surface area contributed by atoms with E-state index in [0.29, 0.717) is 5.75 Å². The first-order valence-electron chi connectivity index (χ1n) is 5.47. The van der Waals surface area contributed by atoms with Crippen molar-refractivity contribution in [3.05, 3.63) is 24.3 Å². The van der Waals surface area contributed by atoms with Gasteiger partial charge in [-0.05, 0) is 38.1 Å². The summed E-state index contributed by atoms with van der Waals surface area (Å²) in [7, 11) is 0. The number of hydrogen-bond donors (Lipinski definition) is 1. The second-order valence-corrected chi connectivity index (χ2v) is 4.07. The molecule has 1 aromatic carbocycles. The highest BCUT2D eigenvalue weighted by atomic mass is 19.3. The van der Waals surface area contributed by atoms with Crippen LogP contribution in [-0.4, -0.2) is 24.4 Å². The molecular weight excluding hydrogens is 266 g/mol. The molecule has 0 aromatic heterocycles. The summed E-state index contributed by atoms with van der Waals surface area (Å²) in [6.07, 6.45) is -4.11. The highest BCUT2D eigenvalue weighted by Crippen LogP contribution is 2.25. The number of ether oxygens (including phenoxy) is 1. The molecule has 0 bridgehead atoms. The van der Waals surface area contributed by atoms with E-state index in [1.165, 1.54) is 24.3 Å². The number of rotatable bonds is 5. The third-order valence-corrected chi connectivity index (χ3v) is 2.06. The maximum Gasteiger partial charge on any atom is 0.383 e. The summed E-state index contributed by atoms with van der Waals surface area (Å²) >= 11 is 0. The van der Waals surface area contributed by atoms with Gasteiger partial charge in [-0.2, -0.15) is 8.78 Å². The minimum absolute atomic E-state index is 0.0126. The number of carbonyl (C=O) groups is 1. The fourth-order valence-electron chi connectivity index (χ4n) is 1.20. The zero-order valence-corrected chi connectivity index (χ0v) is 10.3. The van der Waals surface area contributed by atoms with Crippen molar-refractivity contribution in [3.8, 4) is 5.75 Å². The van der Waals surface area contributed by atoms with Crippen LogP contribution in [0.4, 0.5) is 23.2 Å². The predicted molar refractivity (Wildman–Crippen MR) is 61.8 cm³/mol. The van der Waals surface area contributed by atoms with E-state index in [-0.39, 0.29) is 11.8 Å². The summed E-state index contributed by atoms with van der Waals surface area (Å²) in [5, 5.41) is 1.72. The van der Waals surface area contributed by atoms with E-state index in [0.717, 1.165) is 0 Å². The number of halogens is 4. The summed E-state index contributed by atoms with van der Waals surface area (Å²) < 4.78 is 54.6. The Hall–Kier alpha value is -1.79. The normalized spacial score (nSPS) is 11.8. The van der Waals surface area contributed by atoms with Crippen LogP contribution in [0, 0.1) is 0 Å². The van der Waals surface area contributed by atoms with Crippen LogP contribution < -0.4 is 10.1 Å². The SMILES string of the molecule is CC(C)Oc1ccc(NC(=O)C(F)(F)C(F)F)cc1. The Kier molecular flexibility index (Phi) is 4.74. The number of benzene rings is 1. The van der Waals surface area contributed by atoms with Gasteiger partial charge in [0.05, 0.1) is 6.10 Å². The fraction of sp³-hybridized carbons (Fsp3) is 0.417. The molecule has 3 nitrogen and oxygen atoms in total. The number of alkyl halides is 4. The predicted octanol–water partition coefficient (Wildman–Crippen LogP) is 3.31. The maximum absolute atomic E-state index is 12.7. The Labute approximate surface area is 107 Å². The maximum atomic E-state index is 12.7. The van der Waals surface area contributed by atoms with Gasteiger partial charge in [-0.3, -0.25) is 4.79 Å². The number of anilines is 1. The third kappa shape index (κ3) is 4.11. The average Bonchev–Trinajstić information content (AvgIpc) is 2.30. The highest BCUT2D eigenvalue weighted by molar-refractivity contribution is 5.96. The Morgan fingerprint density at radius 2 is 1.74 bits per heavy atom. The van der Waals surface area contributed by atoms with Gasteiger partial charge in [0, 0.05) is 5.69 Å². The van der Waals surface area contributed by atoms with Gasteiger partial charge >= 0.3 is 18.3 Å². The molecule has 0 spiro atoms. The molecule has 106 valence electrons. The zero-order valence-electron chi connectivity index (χ0n) is 10.3. The first kappa shape index (κ1) is 15.3. The highest BCUT2D eigenvalue weighted by Gasteiger charge is 2.48. The van der Waals surface area contributed by atoms with Gasteiger partial charge < -0.3 is 10.1 Å². The molecule has 19 heavy (non-hydrogen) atoms. The Balaban J connectivity index is 2.71. The summed E-state index contributed by atoms with van der Waals surface area (Å²) in [6, 6.07) is 5.46. The van der Waals surface area contributed by atoms with E-state index in [2.05, 4.69) is 0 Å². The van der Waals surface area contributed by atoms with Crippen molar-refractivity contribution < 1.29 is 27.1 Å². The van der Waals surface area contributed by atoms with Gasteiger partial charge in [-0.1, -0.05) is 0 Å². The summed E-state index contributed by atoms with van der Waals surface area (Å²) in [5.41, 5.74) is -0.0126. The Morgan fingerprint density at radius 3 is 2.16 bits per heavy atom. The standard InChI is InChI=1S/C12H13F4NO2/c1-7(2)19-9-5-3-8(4-6-9)17-11(18)12(15,16)10(13)14/h3-7,10H,1-2H3,(H,17,18). The van der Waals surface area contributed by atoms with Crippen molar-refractivity contribution in [1.29, 1.82) is 0 Å². The van der Waals surface area contributed by atoms with Crippen LogP contribution in [0.2, 0.25) is 0 Å². The minimum atomic E-state index is -4.72. The van der Waals surface area contributed by atoms with Gasteiger partial charge in [0.25, 0.3) is 0 Å². The molecule has 0 aliphatic rings. The van der Waals surface area contributed by atoms with Crippen molar-refractivity contribution in [1.82, 2.24) is 0 Å². The molecule has 0 unspecified atom stereocenters. The lowest BCUT2D eigenvalue weighted by Gasteiger charge is -2.15. The third-order valence-electron chi connectivity index (χ3n) is 2.06. The van der Waals surface area contributed by atoms with Crippen molar-refractivity contribution >= 4 is 11.6 Å².